The van der Waals surface area contributed by atoms with Crippen LogP contribution in [0.15, 0.2) is 30.5 Å². The topological polar surface area (TPSA) is 62.7 Å². The van der Waals surface area contributed by atoms with Crippen molar-refractivity contribution < 1.29 is 4.79 Å². The molecule has 0 fully saturated rings. The zero-order valence-corrected chi connectivity index (χ0v) is 13.1. The van der Waals surface area contributed by atoms with Crippen LogP contribution in [0.4, 0.5) is 0 Å². The van der Waals surface area contributed by atoms with E-state index in [2.05, 4.69) is 22.3 Å². The summed E-state index contributed by atoms with van der Waals surface area (Å²) >= 11 is 0. The van der Waals surface area contributed by atoms with E-state index in [1.807, 2.05) is 42.8 Å². The van der Waals surface area contributed by atoms with Crippen LogP contribution in [0.1, 0.15) is 27.3 Å². The second-order valence-corrected chi connectivity index (χ2v) is 5.59. The number of rotatable bonds is 4. The highest BCUT2D eigenvalue weighted by Gasteiger charge is 2.09. The Morgan fingerprint density at radius 1 is 1.27 bits per heavy atom. The molecule has 0 atom stereocenters. The first-order chi connectivity index (χ1) is 10.6. The summed E-state index contributed by atoms with van der Waals surface area (Å²) in [6.07, 6.45) is 1.76. The molecule has 5 nitrogen and oxygen atoms in total. The van der Waals surface area contributed by atoms with Gasteiger partial charge in [-0.3, -0.25) is 9.48 Å². The van der Waals surface area contributed by atoms with Crippen LogP contribution in [0.3, 0.4) is 0 Å². The van der Waals surface area contributed by atoms with E-state index in [0.29, 0.717) is 18.7 Å². The summed E-state index contributed by atoms with van der Waals surface area (Å²) in [5.74, 6) is -0.0587. The predicted molar refractivity (Wildman–Crippen MR) is 87.1 cm³/mol. The summed E-state index contributed by atoms with van der Waals surface area (Å²) in [6.45, 7) is 7.36. The lowest BCUT2D eigenvalue weighted by molar-refractivity contribution is 0.0952. The van der Waals surface area contributed by atoms with E-state index in [9.17, 15) is 4.79 Å². The van der Waals surface area contributed by atoms with Gasteiger partial charge in [0.25, 0.3) is 5.91 Å². The number of carbonyl (C=O) groups is 1. The predicted octanol–water partition coefficient (Wildman–Crippen LogP) is 2.72. The van der Waals surface area contributed by atoms with E-state index in [1.54, 1.807) is 6.20 Å². The summed E-state index contributed by atoms with van der Waals surface area (Å²) in [5.41, 5.74) is 5.14. The molecule has 0 unspecified atom stereocenters. The van der Waals surface area contributed by atoms with E-state index in [1.165, 1.54) is 10.9 Å². The molecule has 0 aliphatic carbocycles. The lowest BCUT2D eigenvalue weighted by Gasteiger charge is -2.07. The number of amides is 1. The molecule has 0 saturated carbocycles. The molecular weight excluding hydrogens is 276 g/mol. The Labute approximate surface area is 129 Å². The number of carbonyl (C=O) groups excluding carboxylic acids is 1. The first-order valence-corrected chi connectivity index (χ1v) is 7.42. The highest BCUT2D eigenvalue weighted by Crippen LogP contribution is 2.22. The van der Waals surface area contributed by atoms with E-state index >= 15 is 0 Å². The first kappa shape index (κ1) is 14.4. The molecule has 1 amide bonds. The van der Waals surface area contributed by atoms with Crippen molar-refractivity contribution in [2.75, 3.05) is 6.54 Å². The molecule has 0 radical (unpaired) electrons. The molecule has 0 aliphatic rings. The van der Waals surface area contributed by atoms with Crippen LogP contribution in [0.5, 0.6) is 0 Å². The summed E-state index contributed by atoms with van der Waals surface area (Å²) in [6, 6.07) is 7.73. The average molecular weight is 296 g/mol. The van der Waals surface area contributed by atoms with Gasteiger partial charge in [-0.05, 0) is 44.5 Å². The summed E-state index contributed by atoms with van der Waals surface area (Å²) in [4.78, 5) is 15.6. The minimum absolute atomic E-state index is 0.0587. The van der Waals surface area contributed by atoms with Crippen LogP contribution in [-0.2, 0) is 6.54 Å². The van der Waals surface area contributed by atoms with Crippen molar-refractivity contribution in [3.05, 3.63) is 53.0 Å². The number of aromatic amines is 1. The molecule has 0 spiro atoms. The summed E-state index contributed by atoms with van der Waals surface area (Å²) in [7, 11) is 0. The average Bonchev–Trinajstić information content (AvgIpc) is 3.03. The largest absolute Gasteiger partial charge is 0.358 e. The Bertz CT molecular complexity index is 828. The van der Waals surface area contributed by atoms with Gasteiger partial charge in [-0.15, -0.1) is 0 Å². The number of aromatic nitrogens is 3. The number of H-pyrrole nitrogens is 1. The minimum Gasteiger partial charge on any atom is -0.358 e. The van der Waals surface area contributed by atoms with E-state index < -0.39 is 0 Å². The maximum atomic E-state index is 12.2. The van der Waals surface area contributed by atoms with Crippen molar-refractivity contribution in [1.82, 2.24) is 20.1 Å². The van der Waals surface area contributed by atoms with Gasteiger partial charge >= 0.3 is 0 Å². The number of aryl methyl sites for hydroxylation is 3. The van der Waals surface area contributed by atoms with Crippen molar-refractivity contribution in [2.45, 2.75) is 27.3 Å². The Balaban J connectivity index is 1.68. The van der Waals surface area contributed by atoms with Gasteiger partial charge in [-0.25, -0.2) is 0 Å². The van der Waals surface area contributed by atoms with Gasteiger partial charge in [-0.1, -0.05) is 6.07 Å². The van der Waals surface area contributed by atoms with Crippen LogP contribution >= 0.6 is 0 Å². The van der Waals surface area contributed by atoms with Crippen LogP contribution in [0.25, 0.3) is 10.9 Å². The summed E-state index contributed by atoms with van der Waals surface area (Å²) in [5, 5.41) is 8.30. The normalized spacial score (nSPS) is 11.0. The van der Waals surface area contributed by atoms with E-state index in [4.69, 9.17) is 0 Å². The number of fused-ring (bicyclic) bond motifs is 1. The lowest BCUT2D eigenvalue weighted by Crippen LogP contribution is -2.27. The fraction of sp³-hybridized carbons (Fsp3) is 0.294. The van der Waals surface area contributed by atoms with Crippen molar-refractivity contribution in [3.63, 3.8) is 0 Å². The minimum atomic E-state index is -0.0587. The molecular formula is C17H20N4O. The van der Waals surface area contributed by atoms with Gasteiger partial charge in [0.2, 0.25) is 0 Å². The third kappa shape index (κ3) is 2.62. The smallest absolute Gasteiger partial charge is 0.251 e. The van der Waals surface area contributed by atoms with Crippen LogP contribution in [0.2, 0.25) is 0 Å². The molecule has 22 heavy (non-hydrogen) atoms. The highest BCUT2D eigenvalue weighted by molar-refractivity contribution is 5.98. The van der Waals surface area contributed by atoms with Gasteiger partial charge < -0.3 is 10.3 Å². The molecule has 2 heterocycles. The monoisotopic (exact) mass is 296 g/mol. The van der Waals surface area contributed by atoms with E-state index in [0.717, 1.165) is 16.9 Å². The van der Waals surface area contributed by atoms with Crippen molar-refractivity contribution in [3.8, 4) is 0 Å². The van der Waals surface area contributed by atoms with Crippen molar-refractivity contribution >= 4 is 16.8 Å². The maximum absolute atomic E-state index is 12.2. The number of benzene rings is 1. The Kier molecular flexibility index (Phi) is 3.71. The number of hydrogen-bond donors (Lipinski definition) is 2. The van der Waals surface area contributed by atoms with Gasteiger partial charge in [0.1, 0.15) is 0 Å². The Morgan fingerprint density at radius 3 is 2.82 bits per heavy atom. The molecule has 0 saturated heterocycles. The highest BCUT2D eigenvalue weighted by atomic mass is 16.1. The lowest BCUT2D eigenvalue weighted by atomic mass is 10.1. The molecule has 5 heteroatoms. The molecule has 1 aromatic carbocycles. The van der Waals surface area contributed by atoms with Crippen LogP contribution < -0.4 is 5.32 Å². The molecule has 3 rings (SSSR count). The number of hydrogen-bond acceptors (Lipinski definition) is 2. The van der Waals surface area contributed by atoms with Gasteiger partial charge in [0, 0.05) is 40.6 Å². The Morgan fingerprint density at radius 2 is 2.09 bits per heavy atom. The molecule has 3 aromatic rings. The molecule has 0 aliphatic heterocycles. The molecule has 0 bridgehead atoms. The van der Waals surface area contributed by atoms with Gasteiger partial charge in [0.05, 0.1) is 6.54 Å². The zero-order chi connectivity index (χ0) is 15.7. The Hall–Kier alpha value is -2.56. The molecule has 2 N–H and O–H groups in total. The SMILES string of the molecule is Cc1[nH]c2cc(C(=O)NCCn3nccc3C)ccc2c1C. The third-order valence-corrected chi connectivity index (χ3v) is 4.11. The van der Waals surface area contributed by atoms with Crippen molar-refractivity contribution in [1.29, 1.82) is 0 Å². The molecule has 2 aromatic heterocycles. The van der Waals surface area contributed by atoms with Gasteiger partial charge in [-0.2, -0.15) is 5.10 Å². The zero-order valence-electron chi connectivity index (χ0n) is 13.1. The van der Waals surface area contributed by atoms with Crippen LogP contribution in [-0.4, -0.2) is 27.2 Å². The second kappa shape index (κ2) is 5.67. The first-order valence-electron chi connectivity index (χ1n) is 7.42. The van der Waals surface area contributed by atoms with E-state index in [-0.39, 0.29) is 5.91 Å². The standard InChI is InChI=1S/C17H20N4O/c1-11-6-7-19-21(11)9-8-18-17(22)14-4-5-15-12(2)13(3)20-16(15)10-14/h4-7,10,20H,8-9H2,1-3H3,(H,18,22). The number of nitrogens with zero attached hydrogens (tertiary/aromatic N) is 2. The second-order valence-electron chi connectivity index (χ2n) is 5.59. The maximum Gasteiger partial charge on any atom is 0.251 e. The fourth-order valence-corrected chi connectivity index (χ4v) is 2.62. The molecule has 114 valence electrons. The van der Waals surface area contributed by atoms with Crippen molar-refractivity contribution in [2.24, 2.45) is 0 Å². The fourth-order valence-electron chi connectivity index (χ4n) is 2.62. The third-order valence-electron chi connectivity index (χ3n) is 4.11. The summed E-state index contributed by atoms with van der Waals surface area (Å²) < 4.78 is 1.88. The quantitative estimate of drug-likeness (QED) is 0.777. The van der Waals surface area contributed by atoms with Gasteiger partial charge in [0.15, 0.2) is 0 Å². The number of nitrogens with one attached hydrogen (secondary N) is 2. The van der Waals surface area contributed by atoms with Crippen LogP contribution in [0, 0.1) is 20.8 Å².